The zero-order valence-electron chi connectivity index (χ0n) is 13.4. The first-order valence-electron chi connectivity index (χ1n) is 7.80. The summed E-state index contributed by atoms with van der Waals surface area (Å²) in [6.07, 6.45) is 0.579. The van der Waals surface area contributed by atoms with E-state index in [2.05, 4.69) is 15.5 Å². The molecule has 2 heterocycles. The number of nitrogens with one attached hydrogen (secondary N) is 1. The van der Waals surface area contributed by atoms with Gasteiger partial charge < -0.3 is 15.0 Å². The van der Waals surface area contributed by atoms with Crippen LogP contribution in [-0.2, 0) is 11.2 Å². The summed E-state index contributed by atoms with van der Waals surface area (Å²) in [7, 11) is 0. The number of carbonyl (C=O) groups is 1. The number of hydrogen-bond acceptors (Lipinski definition) is 5. The van der Waals surface area contributed by atoms with Gasteiger partial charge in [0.2, 0.25) is 0 Å². The summed E-state index contributed by atoms with van der Waals surface area (Å²) in [5.74, 6) is 0. The molecule has 1 aliphatic heterocycles. The lowest BCUT2D eigenvalue weighted by Crippen LogP contribution is -2.47. The maximum absolute atomic E-state index is 12.3. The highest BCUT2D eigenvalue weighted by atomic mass is 35.5. The normalized spacial score (nSPS) is 17.8. The standard InChI is InChI=1S/C16H19ClN4O2S/c1-11-19-20-15(24-11)6-7-18-16(22)21-8-9-23-14(10-21)12-2-4-13(17)5-3-12/h2-5,14H,6-10H2,1H3,(H,18,22). The molecule has 2 aromatic rings. The van der Waals surface area contributed by atoms with E-state index in [1.807, 2.05) is 31.2 Å². The number of ether oxygens (including phenoxy) is 1. The van der Waals surface area contributed by atoms with Gasteiger partial charge in [0, 0.05) is 24.5 Å². The summed E-state index contributed by atoms with van der Waals surface area (Å²) in [5, 5.41) is 13.5. The van der Waals surface area contributed by atoms with Crippen LogP contribution in [0.1, 0.15) is 21.7 Å². The van der Waals surface area contributed by atoms with Gasteiger partial charge >= 0.3 is 6.03 Å². The Morgan fingerprint density at radius 2 is 2.21 bits per heavy atom. The van der Waals surface area contributed by atoms with Crippen LogP contribution in [0.25, 0.3) is 0 Å². The molecule has 0 bridgehead atoms. The van der Waals surface area contributed by atoms with Gasteiger partial charge in [-0.05, 0) is 24.6 Å². The Hall–Kier alpha value is -1.70. The molecule has 1 atom stereocenters. The van der Waals surface area contributed by atoms with E-state index in [9.17, 15) is 4.79 Å². The van der Waals surface area contributed by atoms with E-state index in [1.165, 1.54) is 0 Å². The molecule has 1 N–H and O–H groups in total. The van der Waals surface area contributed by atoms with E-state index >= 15 is 0 Å². The van der Waals surface area contributed by atoms with Gasteiger partial charge in [-0.1, -0.05) is 23.7 Å². The van der Waals surface area contributed by atoms with E-state index in [4.69, 9.17) is 16.3 Å². The van der Waals surface area contributed by atoms with Crippen LogP contribution in [0.3, 0.4) is 0 Å². The first-order valence-corrected chi connectivity index (χ1v) is 9.00. The molecule has 0 radical (unpaired) electrons. The third-order valence-electron chi connectivity index (χ3n) is 3.78. The minimum absolute atomic E-state index is 0.0708. The van der Waals surface area contributed by atoms with Crippen molar-refractivity contribution in [1.29, 1.82) is 0 Å². The number of nitrogens with zero attached hydrogens (tertiary/aromatic N) is 3. The zero-order valence-corrected chi connectivity index (χ0v) is 14.9. The van der Waals surface area contributed by atoms with E-state index < -0.39 is 0 Å². The molecule has 0 aliphatic carbocycles. The fraction of sp³-hybridized carbons (Fsp3) is 0.438. The molecule has 1 unspecified atom stereocenters. The second-order valence-electron chi connectivity index (χ2n) is 5.55. The molecule has 2 amide bonds. The summed E-state index contributed by atoms with van der Waals surface area (Å²) in [6, 6.07) is 7.48. The van der Waals surface area contributed by atoms with Crippen LogP contribution in [-0.4, -0.2) is 47.4 Å². The molecule has 1 aliphatic rings. The van der Waals surface area contributed by atoms with E-state index in [1.54, 1.807) is 16.2 Å². The Kier molecular flexibility index (Phi) is 5.65. The molecule has 1 fully saturated rings. The molecule has 1 saturated heterocycles. The summed E-state index contributed by atoms with van der Waals surface area (Å²) < 4.78 is 5.78. The molecule has 1 aromatic heterocycles. The van der Waals surface area contributed by atoms with E-state index in [0.717, 1.165) is 15.6 Å². The van der Waals surface area contributed by atoms with E-state index in [-0.39, 0.29) is 12.1 Å². The minimum Gasteiger partial charge on any atom is -0.370 e. The van der Waals surface area contributed by atoms with Crippen LogP contribution >= 0.6 is 22.9 Å². The molecule has 8 heteroatoms. The number of aromatic nitrogens is 2. The predicted octanol–water partition coefficient (Wildman–Crippen LogP) is 2.83. The number of morpholine rings is 1. The quantitative estimate of drug-likeness (QED) is 0.903. The Bertz CT molecular complexity index is 692. The largest absolute Gasteiger partial charge is 0.370 e. The van der Waals surface area contributed by atoms with Crippen molar-refractivity contribution in [2.45, 2.75) is 19.4 Å². The lowest BCUT2D eigenvalue weighted by Gasteiger charge is -2.33. The fourth-order valence-electron chi connectivity index (χ4n) is 2.54. The van der Waals surface area contributed by atoms with Crippen molar-refractivity contribution in [2.24, 2.45) is 0 Å². The lowest BCUT2D eigenvalue weighted by atomic mass is 10.1. The lowest BCUT2D eigenvalue weighted by molar-refractivity contribution is -0.0153. The number of urea groups is 1. The van der Waals surface area contributed by atoms with E-state index in [0.29, 0.717) is 37.7 Å². The highest BCUT2D eigenvalue weighted by Gasteiger charge is 2.25. The Morgan fingerprint density at radius 3 is 2.92 bits per heavy atom. The van der Waals surface area contributed by atoms with Crippen LogP contribution < -0.4 is 5.32 Å². The van der Waals surface area contributed by atoms with Gasteiger partial charge in [0.1, 0.15) is 16.1 Å². The van der Waals surface area contributed by atoms with Crippen LogP contribution in [0, 0.1) is 6.92 Å². The second kappa shape index (κ2) is 7.92. The van der Waals surface area contributed by atoms with Gasteiger partial charge in [0.15, 0.2) is 0 Å². The topological polar surface area (TPSA) is 67.4 Å². The molecule has 1 aromatic carbocycles. The number of hydrogen-bond donors (Lipinski definition) is 1. The van der Waals surface area contributed by atoms with Gasteiger partial charge in [0.05, 0.1) is 13.2 Å². The number of benzene rings is 1. The zero-order chi connectivity index (χ0) is 16.9. The van der Waals surface area contributed by atoms with Gasteiger partial charge in [0.25, 0.3) is 0 Å². The maximum Gasteiger partial charge on any atom is 0.317 e. The average molecular weight is 367 g/mol. The summed E-state index contributed by atoms with van der Waals surface area (Å²) in [6.45, 7) is 4.12. The average Bonchev–Trinajstić information content (AvgIpc) is 3.01. The number of carbonyl (C=O) groups excluding carboxylic acids is 1. The summed E-state index contributed by atoms with van der Waals surface area (Å²) in [5.41, 5.74) is 1.03. The minimum atomic E-state index is -0.118. The molecular formula is C16H19ClN4O2S. The number of rotatable bonds is 4. The monoisotopic (exact) mass is 366 g/mol. The Labute approximate surface area is 149 Å². The highest BCUT2D eigenvalue weighted by molar-refractivity contribution is 7.11. The Balaban J connectivity index is 1.50. The maximum atomic E-state index is 12.3. The third kappa shape index (κ3) is 4.43. The molecular weight excluding hydrogens is 348 g/mol. The first kappa shape index (κ1) is 17.1. The van der Waals surface area contributed by atoms with Gasteiger partial charge in [-0.2, -0.15) is 0 Å². The van der Waals surface area contributed by atoms with Crippen LogP contribution in [0.15, 0.2) is 24.3 Å². The van der Waals surface area contributed by atoms with Crippen LogP contribution in [0.2, 0.25) is 5.02 Å². The first-order chi connectivity index (χ1) is 11.6. The number of halogens is 1. The molecule has 6 nitrogen and oxygen atoms in total. The molecule has 3 rings (SSSR count). The van der Waals surface area contributed by atoms with Crippen LogP contribution in [0.5, 0.6) is 0 Å². The summed E-state index contributed by atoms with van der Waals surface area (Å²) in [4.78, 5) is 14.1. The SMILES string of the molecule is Cc1nnc(CCNC(=O)N2CCOC(c3ccc(Cl)cc3)C2)s1. The molecule has 24 heavy (non-hydrogen) atoms. The number of amides is 2. The highest BCUT2D eigenvalue weighted by Crippen LogP contribution is 2.23. The van der Waals surface area contributed by atoms with Gasteiger partial charge in [-0.3, -0.25) is 0 Å². The van der Waals surface area contributed by atoms with Crippen molar-refractivity contribution in [3.05, 3.63) is 44.9 Å². The van der Waals surface area contributed by atoms with Crippen molar-refractivity contribution < 1.29 is 9.53 Å². The molecule has 0 saturated carbocycles. The Morgan fingerprint density at radius 1 is 1.42 bits per heavy atom. The summed E-state index contributed by atoms with van der Waals surface area (Å²) >= 11 is 7.47. The fourth-order valence-corrected chi connectivity index (χ4v) is 3.37. The van der Waals surface area contributed by atoms with Crippen molar-refractivity contribution in [1.82, 2.24) is 20.4 Å². The van der Waals surface area contributed by atoms with Crippen molar-refractivity contribution in [3.8, 4) is 0 Å². The van der Waals surface area contributed by atoms with Crippen molar-refractivity contribution >= 4 is 29.0 Å². The van der Waals surface area contributed by atoms with Gasteiger partial charge in [-0.25, -0.2) is 4.79 Å². The second-order valence-corrected chi connectivity index (χ2v) is 7.26. The van der Waals surface area contributed by atoms with Crippen molar-refractivity contribution in [3.63, 3.8) is 0 Å². The predicted molar refractivity (Wildman–Crippen MR) is 93.5 cm³/mol. The molecule has 128 valence electrons. The smallest absolute Gasteiger partial charge is 0.317 e. The van der Waals surface area contributed by atoms with Crippen LogP contribution in [0.4, 0.5) is 4.79 Å². The number of aryl methyl sites for hydroxylation is 1. The third-order valence-corrected chi connectivity index (χ3v) is 4.93. The van der Waals surface area contributed by atoms with Crippen molar-refractivity contribution in [2.75, 3.05) is 26.2 Å². The van der Waals surface area contributed by atoms with Gasteiger partial charge in [-0.15, -0.1) is 21.5 Å². The molecule has 0 spiro atoms.